The lowest BCUT2D eigenvalue weighted by atomic mass is 9.91. The molecule has 1 heterocycles. The Morgan fingerprint density at radius 2 is 2.12 bits per heavy atom. The molecule has 2 rings (SSSR count). The molecule has 0 atom stereocenters. The summed E-state index contributed by atoms with van der Waals surface area (Å²) in [6.07, 6.45) is 8.58. The molecule has 1 aliphatic carbocycles. The molecule has 0 bridgehead atoms. The van der Waals surface area contributed by atoms with Crippen LogP contribution in [0.4, 0.5) is 0 Å². The topological polar surface area (TPSA) is 42.2 Å². The number of hydrogen-bond acceptors (Lipinski definition) is 3. The van der Waals surface area contributed by atoms with Crippen LogP contribution in [-0.4, -0.2) is 29.0 Å². The Morgan fingerprint density at radius 1 is 1.38 bits per heavy atom. The molecule has 1 saturated carbocycles. The van der Waals surface area contributed by atoms with Gasteiger partial charge in [-0.15, -0.1) is 0 Å². The fraction of sp³-hybridized carbons (Fsp3) is 0.615. The van der Waals surface area contributed by atoms with E-state index < -0.39 is 0 Å². The van der Waals surface area contributed by atoms with Crippen LogP contribution in [0, 0.1) is 0 Å². The zero-order valence-electron chi connectivity index (χ0n) is 9.97. The quantitative estimate of drug-likeness (QED) is 0.842. The summed E-state index contributed by atoms with van der Waals surface area (Å²) in [6.45, 7) is 0.994. The summed E-state index contributed by atoms with van der Waals surface area (Å²) in [7, 11) is 2.20. The van der Waals surface area contributed by atoms with Crippen LogP contribution in [0.3, 0.4) is 0 Å². The average molecular weight is 219 g/mol. The van der Waals surface area contributed by atoms with Gasteiger partial charge in [-0.3, -0.25) is 9.88 Å². The molecule has 0 aromatic carbocycles. The second-order valence-corrected chi connectivity index (χ2v) is 4.84. The number of aromatic nitrogens is 1. The van der Waals surface area contributed by atoms with E-state index in [0.29, 0.717) is 12.1 Å². The normalized spacial score (nSPS) is 25.9. The Kier molecular flexibility index (Phi) is 3.91. The molecular weight excluding hydrogens is 198 g/mol. The van der Waals surface area contributed by atoms with Crippen molar-refractivity contribution in [3.05, 3.63) is 30.1 Å². The summed E-state index contributed by atoms with van der Waals surface area (Å²) in [5, 5.41) is 0. The van der Waals surface area contributed by atoms with Gasteiger partial charge < -0.3 is 5.73 Å². The van der Waals surface area contributed by atoms with Crippen LogP contribution >= 0.6 is 0 Å². The second kappa shape index (κ2) is 5.41. The average Bonchev–Trinajstić information content (AvgIpc) is 2.31. The first-order valence-electron chi connectivity index (χ1n) is 6.10. The van der Waals surface area contributed by atoms with Crippen LogP contribution in [0.25, 0.3) is 0 Å². The van der Waals surface area contributed by atoms with Gasteiger partial charge in [0.25, 0.3) is 0 Å². The van der Waals surface area contributed by atoms with Crippen molar-refractivity contribution in [2.45, 2.75) is 44.3 Å². The van der Waals surface area contributed by atoms with Gasteiger partial charge in [-0.1, -0.05) is 6.07 Å². The highest BCUT2D eigenvalue weighted by Crippen LogP contribution is 2.22. The van der Waals surface area contributed by atoms with Gasteiger partial charge >= 0.3 is 0 Å². The lowest BCUT2D eigenvalue weighted by molar-refractivity contribution is 0.176. The molecule has 0 spiro atoms. The van der Waals surface area contributed by atoms with Crippen LogP contribution in [-0.2, 0) is 6.54 Å². The predicted molar refractivity (Wildman–Crippen MR) is 65.9 cm³/mol. The smallest absolute Gasteiger partial charge is 0.0312 e. The van der Waals surface area contributed by atoms with E-state index >= 15 is 0 Å². The van der Waals surface area contributed by atoms with E-state index in [2.05, 4.69) is 23.0 Å². The molecule has 16 heavy (non-hydrogen) atoms. The third-order valence-electron chi connectivity index (χ3n) is 3.52. The van der Waals surface area contributed by atoms with Crippen LogP contribution in [0.2, 0.25) is 0 Å². The molecule has 88 valence electrons. The lowest BCUT2D eigenvalue weighted by Crippen LogP contribution is -2.38. The minimum Gasteiger partial charge on any atom is -0.328 e. The van der Waals surface area contributed by atoms with Gasteiger partial charge in [-0.25, -0.2) is 0 Å². The van der Waals surface area contributed by atoms with Crippen molar-refractivity contribution in [1.29, 1.82) is 0 Å². The summed E-state index contributed by atoms with van der Waals surface area (Å²) >= 11 is 0. The third-order valence-corrected chi connectivity index (χ3v) is 3.52. The summed E-state index contributed by atoms with van der Waals surface area (Å²) < 4.78 is 0. The molecule has 1 aromatic heterocycles. The Hall–Kier alpha value is -0.930. The van der Waals surface area contributed by atoms with Gasteiger partial charge in [-0.2, -0.15) is 0 Å². The van der Waals surface area contributed by atoms with Crippen molar-refractivity contribution < 1.29 is 0 Å². The van der Waals surface area contributed by atoms with Crippen LogP contribution < -0.4 is 5.73 Å². The van der Waals surface area contributed by atoms with E-state index in [9.17, 15) is 0 Å². The fourth-order valence-corrected chi connectivity index (χ4v) is 2.45. The Balaban J connectivity index is 1.86. The number of nitrogens with zero attached hydrogens (tertiary/aromatic N) is 2. The van der Waals surface area contributed by atoms with Crippen molar-refractivity contribution in [3.8, 4) is 0 Å². The molecule has 0 aliphatic heterocycles. The molecule has 1 aliphatic rings. The highest BCUT2D eigenvalue weighted by Gasteiger charge is 2.21. The second-order valence-electron chi connectivity index (χ2n) is 4.84. The highest BCUT2D eigenvalue weighted by atomic mass is 15.1. The van der Waals surface area contributed by atoms with Gasteiger partial charge in [0.15, 0.2) is 0 Å². The zero-order chi connectivity index (χ0) is 11.4. The van der Waals surface area contributed by atoms with Gasteiger partial charge in [0.1, 0.15) is 0 Å². The maximum atomic E-state index is 5.92. The molecule has 0 saturated heterocycles. The van der Waals surface area contributed by atoms with Gasteiger partial charge in [0.2, 0.25) is 0 Å². The highest BCUT2D eigenvalue weighted by molar-refractivity contribution is 5.08. The minimum absolute atomic E-state index is 0.433. The monoisotopic (exact) mass is 219 g/mol. The Morgan fingerprint density at radius 3 is 2.75 bits per heavy atom. The predicted octanol–water partition coefficient (Wildman–Crippen LogP) is 1.78. The number of nitrogens with two attached hydrogens (primary N) is 1. The van der Waals surface area contributed by atoms with Gasteiger partial charge in [-0.05, 0) is 44.4 Å². The van der Waals surface area contributed by atoms with Gasteiger partial charge in [0.05, 0.1) is 0 Å². The largest absolute Gasteiger partial charge is 0.328 e. The van der Waals surface area contributed by atoms with E-state index in [-0.39, 0.29) is 0 Å². The number of rotatable bonds is 3. The van der Waals surface area contributed by atoms with E-state index in [1.807, 2.05) is 18.5 Å². The van der Waals surface area contributed by atoms with E-state index in [0.717, 1.165) is 6.54 Å². The maximum absolute atomic E-state index is 5.92. The Bertz CT molecular complexity index is 304. The molecule has 1 fully saturated rings. The van der Waals surface area contributed by atoms with E-state index in [1.54, 1.807) is 0 Å². The summed E-state index contributed by atoms with van der Waals surface area (Å²) in [4.78, 5) is 6.58. The Labute approximate surface area is 97.7 Å². The molecule has 0 unspecified atom stereocenters. The van der Waals surface area contributed by atoms with Crippen molar-refractivity contribution in [3.63, 3.8) is 0 Å². The fourth-order valence-electron chi connectivity index (χ4n) is 2.45. The molecule has 3 heteroatoms. The van der Waals surface area contributed by atoms with Crippen LogP contribution in [0.15, 0.2) is 24.5 Å². The minimum atomic E-state index is 0.433. The molecular formula is C13H21N3. The molecule has 0 amide bonds. The molecule has 0 radical (unpaired) electrons. The van der Waals surface area contributed by atoms with Crippen molar-refractivity contribution in [2.75, 3.05) is 7.05 Å². The maximum Gasteiger partial charge on any atom is 0.0312 e. The first-order valence-corrected chi connectivity index (χ1v) is 6.10. The number of hydrogen-bond donors (Lipinski definition) is 1. The van der Waals surface area contributed by atoms with Crippen molar-refractivity contribution >= 4 is 0 Å². The lowest BCUT2D eigenvalue weighted by Gasteiger charge is -2.33. The third kappa shape index (κ3) is 3.03. The SMILES string of the molecule is CN(Cc1cccnc1)C1CCC(N)CC1. The number of pyridine rings is 1. The molecule has 2 N–H and O–H groups in total. The van der Waals surface area contributed by atoms with E-state index in [1.165, 1.54) is 31.2 Å². The van der Waals surface area contributed by atoms with Crippen molar-refractivity contribution in [2.24, 2.45) is 5.73 Å². The van der Waals surface area contributed by atoms with Crippen LogP contribution in [0.1, 0.15) is 31.2 Å². The first kappa shape index (κ1) is 11.6. The molecule has 3 nitrogen and oxygen atoms in total. The first-order chi connectivity index (χ1) is 7.75. The summed E-state index contributed by atoms with van der Waals surface area (Å²) in [6, 6.07) is 5.26. The van der Waals surface area contributed by atoms with Crippen LogP contribution in [0.5, 0.6) is 0 Å². The standard InChI is InChI=1S/C13H21N3/c1-16(10-11-3-2-8-15-9-11)13-6-4-12(14)5-7-13/h2-3,8-9,12-13H,4-7,10,14H2,1H3. The summed E-state index contributed by atoms with van der Waals surface area (Å²) in [5.41, 5.74) is 7.21. The van der Waals surface area contributed by atoms with Gasteiger partial charge in [0, 0.05) is 31.0 Å². The van der Waals surface area contributed by atoms with Crippen molar-refractivity contribution in [1.82, 2.24) is 9.88 Å². The molecule has 1 aromatic rings. The van der Waals surface area contributed by atoms with E-state index in [4.69, 9.17) is 5.73 Å². The summed E-state index contributed by atoms with van der Waals surface area (Å²) in [5.74, 6) is 0. The zero-order valence-corrected chi connectivity index (χ0v) is 9.97.